The van der Waals surface area contributed by atoms with Crippen molar-refractivity contribution in [1.29, 1.82) is 0 Å². The smallest absolute Gasteiger partial charge is 0.165 e. The number of halogens is 1. The summed E-state index contributed by atoms with van der Waals surface area (Å²) in [6, 6.07) is 4.82. The summed E-state index contributed by atoms with van der Waals surface area (Å²) in [5.74, 6) is 0.480. The molecular weight excluding hydrogens is 221 g/mol. The fourth-order valence-electron chi connectivity index (χ4n) is 2.00. The van der Waals surface area contributed by atoms with Crippen molar-refractivity contribution in [2.75, 3.05) is 32.2 Å². The van der Waals surface area contributed by atoms with Crippen LogP contribution in [0.3, 0.4) is 0 Å². The second-order valence-electron chi connectivity index (χ2n) is 4.31. The van der Waals surface area contributed by atoms with Crippen LogP contribution >= 0.6 is 0 Å². The average Bonchev–Trinajstić information content (AvgIpc) is 2.39. The Hall–Kier alpha value is -1.29. The normalized spacial score (nSPS) is 20.0. The van der Waals surface area contributed by atoms with Gasteiger partial charge in [0, 0.05) is 24.9 Å². The van der Waals surface area contributed by atoms with Crippen LogP contribution < -0.4 is 10.1 Å². The highest BCUT2D eigenvalue weighted by atomic mass is 19.1. The predicted molar refractivity (Wildman–Crippen MR) is 65.0 cm³/mol. The van der Waals surface area contributed by atoms with Gasteiger partial charge in [-0.3, -0.25) is 0 Å². The maximum atomic E-state index is 13.2. The molecule has 1 aliphatic rings. The number of hydrogen-bond acceptors (Lipinski definition) is 3. The second-order valence-corrected chi connectivity index (χ2v) is 4.31. The summed E-state index contributed by atoms with van der Waals surface area (Å²) in [6.07, 6.45) is 2.31. The Balaban J connectivity index is 1.89. The van der Waals surface area contributed by atoms with Gasteiger partial charge >= 0.3 is 0 Å². The van der Waals surface area contributed by atoms with Gasteiger partial charge in [-0.05, 0) is 30.9 Å². The van der Waals surface area contributed by atoms with Gasteiger partial charge in [-0.15, -0.1) is 0 Å². The van der Waals surface area contributed by atoms with Gasteiger partial charge in [-0.25, -0.2) is 4.39 Å². The Labute approximate surface area is 101 Å². The summed E-state index contributed by atoms with van der Waals surface area (Å²) in [5, 5.41) is 3.29. The molecule has 1 aliphatic heterocycles. The van der Waals surface area contributed by atoms with E-state index in [2.05, 4.69) is 5.32 Å². The predicted octanol–water partition coefficient (Wildman–Crippen LogP) is 2.67. The lowest BCUT2D eigenvalue weighted by atomic mass is 10.0. The van der Waals surface area contributed by atoms with Crippen molar-refractivity contribution in [1.82, 2.24) is 0 Å². The summed E-state index contributed by atoms with van der Waals surface area (Å²) in [6.45, 7) is 2.54. The van der Waals surface area contributed by atoms with Crippen LogP contribution in [0.1, 0.15) is 12.8 Å². The van der Waals surface area contributed by atoms with E-state index in [1.54, 1.807) is 12.1 Å². The van der Waals surface area contributed by atoms with E-state index in [4.69, 9.17) is 9.47 Å². The second kappa shape index (κ2) is 5.87. The van der Waals surface area contributed by atoms with Gasteiger partial charge in [-0.1, -0.05) is 0 Å². The SMILES string of the molecule is COc1cc(NCC2CCCOC2)ccc1F. The van der Waals surface area contributed by atoms with Crippen molar-refractivity contribution in [3.05, 3.63) is 24.0 Å². The lowest BCUT2D eigenvalue weighted by Crippen LogP contribution is -2.24. The molecule has 1 aromatic carbocycles. The maximum Gasteiger partial charge on any atom is 0.165 e. The van der Waals surface area contributed by atoms with Crippen molar-refractivity contribution < 1.29 is 13.9 Å². The van der Waals surface area contributed by atoms with Crippen LogP contribution in [0, 0.1) is 11.7 Å². The molecule has 0 aromatic heterocycles. The molecular formula is C13H18FNO2. The lowest BCUT2D eigenvalue weighted by Gasteiger charge is -2.22. The fraction of sp³-hybridized carbons (Fsp3) is 0.538. The van der Waals surface area contributed by atoms with E-state index < -0.39 is 0 Å². The Morgan fingerprint density at radius 2 is 2.41 bits per heavy atom. The van der Waals surface area contributed by atoms with Crippen molar-refractivity contribution in [3.8, 4) is 5.75 Å². The molecule has 1 saturated heterocycles. The van der Waals surface area contributed by atoms with E-state index in [1.807, 2.05) is 0 Å². The zero-order valence-corrected chi connectivity index (χ0v) is 10.0. The van der Waals surface area contributed by atoms with Gasteiger partial charge in [0.25, 0.3) is 0 Å². The molecule has 17 heavy (non-hydrogen) atoms. The Morgan fingerprint density at radius 3 is 3.12 bits per heavy atom. The van der Waals surface area contributed by atoms with Crippen LogP contribution in [0.15, 0.2) is 18.2 Å². The van der Waals surface area contributed by atoms with E-state index in [1.165, 1.54) is 19.6 Å². The number of methoxy groups -OCH3 is 1. The van der Waals surface area contributed by atoms with Gasteiger partial charge < -0.3 is 14.8 Å². The molecule has 1 aromatic rings. The van der Waals surface area contributed by atoms with Crippen LogP contribution in [0.4, 0.5) is 10.1 Å². The minimum absolute atomic E-state index is 0.273. The highest BCUT2D eigenvalue weighted by Crippen LogP contribution is 2.22. The molecule has 0 radical (unpaired) electrons. The molecule has 1 unspecified atom stereocenters. The molecule has 1 fully saturated rings. The van der Waals surface area contributed by atoms with Crippen LogP contribution in [0.5, 0.6) is 5.75 Å². The third-order valence-electron chi connectivity index (χ3n) is 3.00. The zero-order chi connectivity index (χ0) is 12.1. The number of nitrogens with one attached hydrogen (secondary N) is 1. The molecule has 3 nitrogen and oxygen atoms in total. The van der Waals surface area contributed by atoms with E-state index in [9.17, 15) is 4.39 Å². The summed E-state index contributed by atoms with van der Waals surface area (Å²) in [4.78, 5) is 0. The standard InChI is InChI=1S/C13H18FNO2/c1-16-13-7-11(4-5-12(13)14)15-8-10-3-2-6-17-9-10/h4-5,7,10,15H,2-3,6,8-9H2,1H3. The third-order valence-corrected chi connectivity index (χ3v) is 3.00. The van der Waals surface area contributed by atoms with Crippen LogP contribution in [-0.2, 0) is 4.74 Å². The summed E-state index contributed by atoms with van der Waals surface area (Å²) in [7, 11) is 1.47. The summed E-state index contributed by atoms with van der Waals surface area (Å²) in [5.41, 5.74) is 0.883. The van der Waals surface area contributed by atoms with Crippen molar-refractivity contribution in [2.45, 2.75) is 12.8 Å². The summed E-state index contributed by atoms with van der Waals surface area (Å²) < 4.78 is 23.5. The number of benzene rings is 1. The quantitative estimate of drug-likeness (QED) is 0.876. The molecule has 4 heteroatoms. The van der Waals surface area contributed by atoms with Gasteiger partial charge in [0.05, 0.1) is 13.7 Å². The molecule has 94 valence electrons. The number of hydrogen-bond donors (Lipinski definition) is 1. The van der Waals surface area contributed by atoms with Gasteiger partial charge in [0.2, 0.25) is 0 Å². The Bertz CT molecular complexity index is 364. The first-order chi connectivity index (χ1) is 8.29. The van der Waals surface area contributed by atoms with Crippen LogP contribution in [0.2, 0.25) is 0 Å². The first-order valence-electron chi connectivity index (χ1n) is 5.95. The van der Waals surface area contributed by atoms with E-state index in [0.717, 1.165) is 31.9 Å². The minimum Gasteiger partial charge on any atom is -0.494 e. The van der Waals surface area contributed by atoms with Gasteiger partial charge in [0.1, 0.15) is 0 Å². The minimum atomic E-state index is -0.334. The molecule has 0 spiro atoms. The average molecular weight is 239 g/mol. The van der Waals surface area contributed by atoms with E-state index in [0.29, 0.717) is 5.92 Å². The Kier molecular flexibility index (Phi) is 4.20. The lowest BCUT2D eigenvalue weighted by molar-refractivity contribution is 0.0595. The molecule has 0 bridgehead atoms. The molecule has 1 heterocycles. The van der Waals surface area contributed by atoms with Crippen LogP contribution in [0.25, 0.3) is 0 Å². The Morgan fingerprint density at radius 1 is 1.53 bits per heavy atom. The topological polar surface area (TPSA) is 30.5 Å². The van der Waals surface area contributed by atoms with E-state index >= 15 is 0 Å². The maximum absolute atomic E-state index is 13.2. The molecule has 2 rings (SSSR count). The number of ether oxygens (including phenoxy) is 2. The zero-order valence-electron chi connectivity index (χ0n) is 10.0. The van der Waals surface area contributed by atoms with Crippen LogP contribution in [-0.4, -0.2) is 26.9 Å². The van der Waals surface area contributed by atoms with E-state index in [-0.39, 0.29) is 11.6 Å². The number of rotatable bonds is 4. The summed E-state index contributed by atoms with van der Waals surface area (Å²) >= 11 is 0. The highest BCUT2D eigenvalue weighted by Gasteiger charge is 2.13. The molecule has 0 amide bonds. The highest BCUT2D eigenvalue weighted by molar-refractivity contribution is 5.48. The molecule has 1 N–H and O–H groups in total. The third kappa shape index (κ3) is 3.33. The van der Waals surface area contributed by atoms with Gasteiger partial charge in [-0.2, -0.15) is 0 Å². The first kappa shape index (κ1) is 12.2. The monoisotopic (exact) mass is 239 g/mol. The first-order valence-corrected chi connectivity index (χ1v) is 5.95. The fourth-order valence-corrected chi connectivity index (χ4v) is 2.00. The van der Waals surface area contributed by atoms with Crippen molar-refractivity contribution in [3.63, 3.8) is 0 Å². The molecule has 0 saturated carbocycles. The van der Waals surface area contributed by atoms with Gasteiger partial charge in [0.15, 0.2) is 11.6 Å². The largest absolute Gasteiger partial charge is 0.494 e. The van der Waals surface area contributed by atoms with Crippen molar-refractivity contribution >= 4 is 5.69 Å². The molecule has 0 aliphatic carbocycles. The molecule has 1 atom stereocenters. The van der Waals surface area contributed by atoms with Crippen molar-refractivity contribution in [2.24, 2.45) is 5.92 Å². The number of anilines is 1.